The summed E-state index contributed by atoms with van der Waals surface area (Å²) in [5, 5.41) is 2.12. The van der Waals surface area contributed by atoms with Crippen LogP contribution < -0.4 is 9.64 Å². The largest absolute Gasteiger partial charge is 0.494 e. The minimum atomic E-state index is 0.766. The van der Waals surface area contributed by atoms with Crippen LogP contribution in [-0.2, 0) is 0 Å². The molecular weight excluding hydrogens is 447 g/mol. The highest BCUT2D eigenvalue weighted by Gasteiger charge is 2.29. The van der Waals surface area contributed by atoms with Gasteiger partial charge in [-0.15, -0.1) is 11.8 Å². The predicted octanol–water partition coefficient (Wildman–Crippen LogP) is 8.75. The number of rotatable bonds is 15. The van der Waals surface area contributed by atoms with Gasteiger partial charge in [0.25, 0.3) is 0 Å². The number of nitrogens with zero attached hydrogens (tertiary/aromatic N) is 1. The molecule has 1 aromatic rings. The third-order valence-corrected chi connectivity index (χ3v) is 7.73. The standard InChI is InChI=1S/C24H35NOS4/c1-3-5-6-7-8-9-10-11-12-13-17-26-21-16-14-15-20(18-21)25-23(27)22(19-29-4-2)30-24(25)28/h14-16,18-19H,3-13,17H2,1-2H3. The Kier molecular flexibility index (Phi) is 13.1. The van der Waals surface area contributed by atoms with Crippen molar-refractivity contribution < 1.29 is 4.74 Å². The van der Waals surface area contributed by atoms with E-state index in [0.717, 1.165) is 44.4 Å². The lowest BCUT2D eigenvalue weighted by Crippen LogP contribution is -2.26. The van der Waals surface area contributed by atoms with Gasteiger partial charge < -0.3 is 4.74 Å². The molecule has 1 heterocycles. The fraction of sp³-hybridized carbons (Fsp3) is 0.583. The fourth-order valence-electron chi connectivity index (χ4n) is 3.32. The molecule has 0 atom stereocenters. The van der Waals surface area contributed by atoms with Crippen LogP contribution in [0, 0.1) is 0 Å². The number of thiocarbonyl (C=S) groups is 2. The molecule has 0 spiro atoms. The molecule has 0 aliphatic carbocycles. The molecular formula is C24H35NOS4. The van der Waals surface area contributed by atoms with Crippen molar-refractivity contribution in [1.82, 2.24) is 0 Å². The monoisotopic (exact) mass is 481 g/mol. The number of unbranched alkanes of at least 4 members (excludes halogenated alkanes) is 9. The van der Waals surface area contributed by atoms with E-state index in [1.165, 1.54) is 57.8 Å². The van der Waals surface area contributed by atoms with Crippen molar-refractivity contribution in [2.45, 2.75) is 78.1 Å². The smallest absolute Gasteiger partial charge is 0.151 e. The van der Waals surface area contributed by atoms with E-state index in [2.05, 4.69) is 19.3 Å². The Hall–Kier alpha value is -0.560. The Morgan fingerprint density at radius 2 is 1.63 bits per heavy atom. The SMILES string of the molecule is CCCCCCCCCCCCOc1cccc(N2C(=S)SC(=CSCC)C2=S)c1. The Morgan fingerprint density at radius 1 is 0.967 bits per heavy atom. The summed E-state index contributed by atoms with van der Waals surface area (Å²) in [4.78, 5) is 3.83. The number of thioether (sulfide) groups is 2. The Balaban J connectivity index is 1.70. The molecule has 1 fully saturated rings. The van der Waals surface area contributed by atoms with Crippen LogP contribution >= 0.6 is 48.0 Å². The summed E-state index contributed by atoms with van der Waals surface area (Å²) in [6.07, 6.45) is 13.3. The van der Waals surface area contributed by atoms with E-state index in [1.807, 2.05) is 29.2 Å². The Bertz CT molecular complexity index is 704. The van der Waals surface area contributed by atoms with Crippen LogP contribution in [0.1, 0.15) is 78.1 Å². The molecule has 2 rings (SSSR count). The molecule has 1 aliphatic heterocycles. The van der Waals surface area contributed by atoms with Crippen LogP contribution in [0.25, 0.3) is 0 Å². The molecule has 0 aromatic heterocycles. The molecule has 0 saturated carbocycles. The predicted molar refractivity (Wildman–Crippen MR) is 145 cm³/mol. The molecule has 1 saturated heterocycles. The number of ether oxygens (including phenoxy) is 1. The lowest BCUT2D eigenvalue weighted by molar-refractivity contribution is 0.304. The van der Waals surface area contributed by atoms with Crippen molar-refractivity contribution in [2.24, 2.45) is 0 Å². The topological polar surface area (TPSA) is 12.5 Å². The summed E-state index contributed by atoms with van der Waals surface area (Å²) >= 11 is 14.6. The van der Waals surface area contributed by atoms with Crippen LogP contribution in [0.5, 0.6) is 5.75 Å². The zero-order valence-electron chi connectivity index (χ0n) is 18.4. The van der Waals surface area contributed by atoms with E-state index in [9.17, 15) is 0 Å². The molecule has 1 aliphatic rings. The van der Waals surface area contributed by atoms with Gasteiger partial charge in [-0.2, -0.15) is 0 Å². The zero-order valence-corrected chi connectivity index (χ0v) is 21.6. The second-order valence-electron chi connectivity index (χ2n) is 7.47. The number of benzene rings is 1. The van der Waals surface area contributed by atoms with Crippen molar-refractivity contribution >= 4 is 63.0 Å². The van der Waals surface area contributed by atoms with Gasteiger partial charge in [-0.3, -0.25) is 4.90 Å². The molecule has 30 heavy (non-hydrogen) atoms. The van der Waals surface area contributed by atoms with Crippen molar-refractivity contribution in [3.8, 4) is 5.75 Å². The molecule has 0 radical (unpaired) electrons. The van der Waals surface area contributed by atoms with Crippen LogP contribution in [0.4, 0.5) is 5.69 Å². The van der Waals surface area contributed by atoms with Gasteiger partial charge >= 0.3 is 0 Å². The third kappa shape index (κ3) is 8.89. The minimum absolute atomic E-state index is 0.766. The van der Waals surface area contributed by atoms with E-state index in [1.54, 1.807) is 23.5 Å². The molecule has 2 nitrogen and oxygen atoms in total. The Morgan fingerprint density at radius 3 is 2.30 bits per heavy atom. The van der Waals surface area contributed by atoms with Gasteiger partial charge in [0.2, 0.25) is 0 Å². The molecule has 0 amide bonds. The van der Waals surface area contributed by atoms with Gasteiger partial charge in [-0.05, 0) is 29.7 Å². The molecule has 0 N–H and O–H groups in total. The first-order valence-electron chi connectivity index (χ1n) is 11.3. The lowest BCUT2D eigenvalue weighted by atomic mass is 10.1. The third-order valence-electron chi connectivity index (χ3n) is 4.99. The normalized spacial score (nSPS) is 15.4. The van der Waals surface area contributed by atoms with E-state index in [0.29, 0.717) is 0 Å². The maximum Gasteiger partial charge on any atom is 0.151 e. The summed E-state index contributed by atoms with van der Waals surface area (Å²) in [7, 11) is 0. The summed E-state index contributed by atoms with van der Waals surface area (Å²) in [6.45, 7) is 5.17. The quantitative estimate of drug-likeness (QED) is 0.140. The van der Waals surface area contributed by atoms with E-state index >= 15 is 0 Å². The van der Waals surface area contributed by atoms with E-state index in [4.69, 9.17) is 29.2 Å². The van der Waals surface area contributed by atoms with Crippen LogP contribution in [0.15, 0.2) is 34.6 Å². The van der Waals surface area contributed by atoms with Crippen molar-refractivity contribution in [1.29, 1.82) is 0 Å². The average molecular weight is 482 g/mol. The first-order valence-corrected chi connectivity index (χ1v) is 14.0. The highest BCUT2D eigenvalue weighted by Crippen LogP contribution is 2.38. The zero-order chi connectivity index (χ0) is 21.6. The van der Waals surface area contributed by atoms with Crippen molar-refractivity contribution in [3.05, 3.63) is 34.6 Å². The average Bonchev–Trinajstić information content (AvgIpc) is 3.03. The second kappa shape index (κ2) is 15.3. The van der Waals surface area contributed by atoms with Gasteiger partial charge in [0.1, 0.15) is 10.7 Å². The van der Waals surface area contributed by atoms with Crippen LogP contribution in [-0.4, -0.2) is 21.7 Å². The molecule has 0 bridgehead atoms. The maximum atomic E-state index is 6.00. The molecule has 0 unspecified atom stereocenters. The van der Waals surface area contributed by atoms with Gasteiger partial charge in [-0.25, -0.2) is 0 Å². The van der Waals surface area contributed by atoms with E-state index in [-0.39, 0.29) is 0 Å². The fourth-order valence-corrected chi connectivity index (χ4v) is 5.84. The van der Waals surface area contributed by atoms with Crippen LogP contribution in [0.2, 0.25) is 0 Å². The summed E-state index contributed by atoms with van der Waals surface area (Å²) in [6, 6.07) is 8.12. The summed E-state index contributed by atoms with van der Waals surface area (Å²) in [5.41, 5.74) is 0.989. The highest BCUT2D eigenvalue weighted by atomic mass is 32.2. The lowest BCUT2D eigenvalue weighted by Gasteiger charge is -2.18. The number of anilines is 1. The first-order chi connectivity index (χ1) is 14.7. The molecule has 6 heteroatoms. The van der Waals surface area contributed by atoms with Crippen molar-refractivity contribution in [3.63, 3.8) is 0 Å². The maximum absolute atomic E-state index is 6.00. The second-order valence-corrected chi connectivity index (χ2v) is 10.7. The van der Waals surface area contributed by atoms with Gasteiger partial charge in [-0.1, -0.05) is 114 Å². The molecule has 1 aromatic carbocycles. The van der Waals surface area contributed by atoms with Gasteiger partial charge in [0, 0.05) is 6.07 Å². The Labute approximate surface area is 202 Å². The van der Waals surface area contributed by atoms with Gasteiger partial charge in [0.15, 0.2) is 4.32 Å². The highest BCUT2D eigenvalue weighted by molar-refractivity contribution is 8.28. The minimum Gasteiger partial charge on any atom is -0.494 e. The van der Waals surface area contributed by atoms with E-state index < -0.39 is 0 Å². The number of hydrogen-bond acceptors (Lipinski definition) is 5. The summed E-state index contributed by atoms with van der Waals surface area (Å²) in [5.74, 6) is 1.92. The van der Waals surface area contributed by atoms with Crippen molar-refractivity contribution in [2.75, 3.05) is 17.3 Å². The van der Waals surface area contributed by atoms with Crippen LogP contribution in [0.3, 0.4) is 0 Å². The summed E-state index contributed by atoms with van der Waals surface area (Å²) < 4.78 is 6.79. The number of hydrogen-bond donors (Lipinski definition) is 0. The van der Waals surface area contributed by atoms with Gasteiger partial charge in [0.05, 0.1) is 17.2 Å². The molecule has 166 valence electrons. The first kappa shape index (κ1) is 25.7.